The molecule has 2 heterocycles. The number of nitrogens with two attached hydrogens (primary N) is 1. The minimum absolute atomic E-state index is 0.00916. The van der Waals surface area contributed by atoms with Crippen LogP contribution >= 0.6 is 23.6 Å². The number of para-hydroxylation sites is 2. The number of fused-ring (bicyclic) bond motifs is 1. The van der Waals surface area contributed by atoms with Crippen LogP contribution in [0.2, 0.25) is 0 Å². The lowest BCUT2D eigenvalue weighted by atomic mass is 10.3. The number of aromatic amines is 1. The molecule has 0 saturated heterocycles. The van der Waals surface area contributed by atoms with E-state index in [0.717, 1.165) is 15.9 Å². The van der Waals surface area contributed by atoms with E-state index in [-0.39, 0.29) is 12.5 Å². The zero-order valence-electron chi connectivity index (χ0n) is 11.8. The molecule has 0 radical (unpaired) electrons. The third kappa shape index (κ3) is 2.62. The van der Waals surface area contributed by atoms with Crippen LogP contribution < -0.4 is 5.73 Å². The molecule has 0 aliphatic rings. The van der Waals surface area contributed by atoms with Gasteiger partial charge in [-0.05, 0) is 31.3 Å². The highest BCUT2D eigenvalue weighted by molar-refractivity contribution is 7.73. The Morgan fingerprint density at radius 3 is 3.00 bits per heavy atom. The highest BCUT2D eigenvalue weighted by atomic mass is 32.1. The molecule has 3 N–H and O–H groups in total. The van der Waals surface area contributed by atoms with Crippen LogP contribution in [0.5, 0.6) is 0 Å². The summed E-state index contributed by atoms with van der Waals surface area (Å²) in [5, 5.41) is 0. The van der Waals surface area contributed by atoms with Crippen molar-refractivity contribution in [3.05, 3.63) is 28.2 Å². The number of nitrogens with one attached hydrogen (secondary N) is 1. The Hall–Kier alpha value is -2.19. The van der Waals surface area contributed by atoms with Crippen molar-refractivity contribution in [1.82, 2.24) is 14.5 Å². The minimum atomic E-state index is -0.362. The fraction of sp³-hybridized carbons (Fsp3) is 0.214. The van der Waals surface area contributed by atoms with Crippen LogP contribution in [0.3, 0.4) is 0 Å². The maximum absolute atomic E-state index is 11.6. The van der Waals surface area contributed by atoms with E-state index in [1.807, 2.05) is 24.3 Å². The molecular weight excluding hydrogens is 320 g/mol. The predicted octanol–water partition coefficient (Wildman–Crippen LogP) is 2.97. The van der Waals surface area contributed by atoms with Crippen LogP contribution in [0.25, 0.3) is 21.7 Å². The number of thiazole rings is 1. The van der Waals surface area contributed by atoms with Crippen LogP contribution in [0.1, 0.15) is 6.92 Å². The lowest BCUT2D eigenvalue weighted by molar-refractivity contribution is -0.143. The molecule has 3 rings (SSSR count). The van der Waals surface area contributed by atoms with Gasteiger partial charge in [0, 0.05) is 0 Å². The summed E-state index contributed by atoms with van der Waals surface area (Å²) >= 11 is 6.62. The first-order chi connectivity index (χ1) is 10.6. The Bertz CT molecular complexity index is 861. The molecule has 8 heteroatoms. The van der Waals surface area contributed by atoms with E-state index in [1.54, 1.807) is 11.5 Å². The molecule has 0 aliphatic heterocycles. The number of nitrogen functional groups attached to an aromatic ring is 1. The maximum atomic E-state index is 11.6. The lowest BCUT2D eigenvalue weighted by Gasteiger charge is -2.05. The molecule has 0 unspecified atom stereocenters. The van der Waals surface area contributed by atoms with Gasteiger partial charge in [-0.1, -0.05) is 23.5 Å². The monoisotopic (exact) mass is 334 g/mol. The van der Waals surface area contributed by atoms with Crippen molar-refractivity contribution in [2.45, 2.75) is 13.5 Å². The number of nitrogens with zero attached hydrogens (tertiary/aromatic N) is 2. The third-order valence-corrected chi connectivity index (χ3v) is 4.60. The van der Waals surface area contributed by atoms with Gasteiger partial charge in [0.15, 0.2) is 9.78 Å². The molecule has 0 atom stereocenters. The quantitative estimate of drug-likeness (QED) is 0.566. The van der Waals surface area contributed by atoms with E-state index in [0.29, 0.717) is 22.2 Å². The highest BCUT2D eigenvalue weighted by Gasteiger charge is 2.17. The number of anilines is 1. The summed E-state index contributed by atoms with van der Waals surface area (Å²) < 4.78 is 7.02. The SMILES string of the molecule is CCOC(=O)Cn1c(N)c(-c2nc3ccccc3[nH]2)sc1=S. The van der Waals surface area contributed by atoms with Crippen molar-refractivity contribution in [3.63, 3.8) is 0 Å². The van der Waals surface area contributed by atoms with Crippen LogP contribution in [0.4, 0.5) is 5.82 Å². The fourth-order valence-corrected chi connectivity index (χ4v) is 3.40. The molecule has 0 saturated carbocycles. The summed E-state index contributed by atoms with van der Waals surface area (Å²) in [6, 6.07) is 7.71. The van der Waals surface area contributed by atoms with Crippen LogP contribution in [-0.4, -0.2) is 27.1 Å². The van der Waals surface area contributed by atoms with Gasteiger partial charge in [-0.25, -0.2) is 4.98 Å². The van der Waals surface area contributed by atoms with Gasteiger partial charge >= 0.3 is 5.97 Å². The molecule has 1 aromatic carbocycles. The minimum Gasteiger partial charge on any atom is -0.465 e. The van der Waals surface area contributed by atoms with Gasteiger partial charge in [0.2, 0.25) is 0 Å². The van der Waals surface area contributed by atoms with Crippen LogP contribution in [0.15, 0.2) is 24.3 Å². The lowest BCUT2D eigenvalue weighted by Crippen LogP contribution is -2.15. The zero-order chi connectivity index (χ0) is 15.7. The first-order valence-corrected chi connectivity index (χ1v) is 7.92. The van der Waals surface area contributed by atoms with Crippen molar-refractivity contribution >= 4 is 46.4 Å². The first kappa shape index (κ1) is 14.7. The summed E-state index contributed by atoms with van der Waals surface area (Å²) in [5.74, 6) is 0.707. The number of H-pyrrole nitrogens is 1. The van der Waals surface area contributed by atoms with Crippen LogP contribution in [-0.2, 0) is 16.1 Å². The first-order valence-electron chi connectivity index (χ1n) is 6.70. The fourth-order valence-electron chi connectivity index (χ4n) is 2.13. The van der Waals surface area contributed by atoms with E-state index in [1.165, 1.54) is 11.3 Å². The Labute approximate surface area is 135 Å². The molecule has 2 aromatic heterocycles. The second-order valence-corrected chi connectivity index (χ2v) is 6.22. The van der Waals surface area contributed by atoms with E-state index in [9.17, 15) is 4.79 Å². The maximum Gasteiger partial charge on any atom is 0.326 e. The molecule has 6 nitrogen and oxygen atoms in total. The molecule has 22 heavy (non-hydrogen) atoms. The third-order valence-electron chi connectivity index (χ3n) is 3.13. The molecule has 0 aliphatic carbocycles. The van der Waals surface area contributed by atoms with E-state index >= 15 is 0 Å². The van der Waals surface area contributed by atoms with Gasteiger partial charge in [-0.15, -0.1) is 0 Å². The number of ether oxygens (including phenoxy) is 1. The van der Waals surface area contributed by atoms with E-state index in [4.69, 9.17) is 22.7 Å². The number of aromatic nitrogens is 3. The van der Waals surface area contributed by atoms with Crippen LogP contribution in [0, 0.1) is 3.95 Å². The molecule has 0 bridgehead atoms. The Morgan fingerprint density at radius 1 is 1.50 bits per heavy atom. The summed E-state index contributed by atoms with van der Waals surface area (Å²) in [4.78, 5) is 20.1. The number of rotatable bonds is 4. The molecule has 0 amide bonds. The van der Waals surface area contributed by atoms with Crippen molar-refractivity contribution in [1.29, 1.82) is 0 Å². The number of hydrogen-bond acceptors (Lipinski definition) is 6. The second-order valence-electron chi connectivity index (χ2n) is 4.58. The normalized spacial score (nSPS) is 11.0. The Morgan fingerprint density at radius 2 is 2.27 bits per heavy atom. The molecule has 0 spiro atoms. The Kier molecular flexibility index (Phi) is 3.95. The van der Waals surface area contributed by atoms with E-state index in [2.05, 4.69) is 9.97 Å². The Balaban J connectivity index is 2.01. The largest absolute Gasteiger partial charge is 0.465 e. The van der Waals surface area contributed by atoms with E-state index < -0.39 is 0 Å². The standard InChI is InChI=1S/C14H14N4O2S2/c1-2-20-10(19)7-18-12(15)11(22-14(18)21)13-16-8-5-3-4-6-9(8)17-13/h3-6H,2,7,15H2,1H3,(H,16,17). The number of benzene rings is 1. The van der Waals surface area contributed by atoms with Gasteiger partial charge in [0.25, 0.3) is 0 Å². The number of esters is 1. The number of imidazole rings is 1. The smallest absolute Gasteiger partial charge is 0.326 e. The average molecular weight is 334 g/mol. The molecular formula is C14H14N4O2S2. The highest BCUT2D eigenvalue weighted by Crippen LogP contribution is 2.32. The van der Waals surface area contributed by atoms with Gasteiger partial charge in [0.1, 0.15) is 17.2 Å². The summed E-state index contributed by atoms with van der Waals surface area (Å²) in [5.41, 5.74) is 7.92. The predicted molar refractivity (Wildman–Crippen MR) is 89.3 cm³/mol. The average Bonchev–Trinajstić information content (AvgIpc) is 3.03. The summed E-state index contributed by atoms with van der Waals surface area (Å²) in [6.45, 7) is 2.09. The second kappa shape index (κ2) is 5.90. The summed E-state index contributed by atoms with van der Waals surface area (Å²) in [6.07, 6.45) is 0. The van der Waals surface area contributed by atoms with Crippen molar-refractivity contribution in [2.75, 3.05) is 12.3 Å². The topological polar surface area (TPSA) is 85.9 Å². The van der Waals surface area contributed by atoms with Crippen molar-refractivity contribution < 1.29 is 9.53 Å². The molecule has 3 aromatic rings. The number of hydrogen-bond donors (Lipinski definition) is 2. The zero-order valence-corrected chi connectivity index (χ0v) is 13.5. The van der Waals surface area contributed by atoms with Gasteiger partial charge in [-0.2, -0.15) is 0 Å². The number of carbonyl (C=O) groups is 1. The number of carbonyl (C=O) groups excluding carboxylic acids is 1. The van der Waals surface area contributed by atoms with Crippen molar-refractivity contribution in [3.8, 4) is 10.7 Å². The van der Waals surface area contributed by atoms with Gasteiger partial charge in [0.05, 0.1) is 17.6 Å². The summed E-state index contributed by atoms with van der Waals surface area (Å²) in [7, 11) is 0. The molecule has 114 valence electrons. The van der Waals surface area contributed by atoms with Gasteiger partial charge in [-0.3, -0.25) is 9.36 Å². The molecule has 0 fully saturated rings. The van der Waals surface area contributed by atoms with Crippen molar-refractivity contribution in [2.24, 2.45) is 0 Å². The van der Waals surface area contributed by atoms with Gasteiger partial charge < -0.3 is 15.5 Å².